The third-order valence-electron chi connectivity index (χ3n) is 6.11. The van der Waals surface area contributed by atoms with Crippen molar-refractivity contribution in [3.05, 3.63) is 70.8 Å². The van der Waals surface area contributed by atoms with E-state index in [1.807, 2.05) is 30.5 Å². The van der Waals surface area contributed by atoms with Gasteiger partial charge in [-0.15, -0.1) is 22.7 Å². The average Bonchev–Trinajstić information content (AvgIpc) is 3.55. The highest BCUT2D eigenvalue weighted by atomic mass is 32.2. The maximum atomic E-state index is 15.2. The van der Waals surface area contributed by atoms with Gasteiger partial charge in [-0.05, 0) is 55.7 Å². The van der Waals surface area contributed by atoms with Crippen molar-refractivity contribution in [3.8, 4) is 27.4 Å². The number of nitrogens with zero attached hydrogens (tertiary/aromatic N) is 2. The standard InChI is InChI=1S/C26H24FN3O4S3/c1-16-28-21(15-35-16)24-11-12-25(36-24)37(32,33)29-20-7-5-13-30(26(20)31)22-10-9-17(14-19(22)27)18-6-3-4-8-23(18)34-2/h3-4,6,8-12,14-15,20,29H,5,7,13H2,1-2H3. The highest BCUT2D eigenvalue weighted by Gasteiger charge is 2.34. The Bertz CT molecular complexity index is 1560. The number of sulfonamides is 1. The molecule has 1 aliphatic rings. The highest BCUT2D eigenvalue weighted by Crippen LogP contribution is 2.34. The number of para-hydroxylation sites is 1. The van der Waals surface area contributed by atoms with E-state index in [0.717, 1.165) is 32.5 Å². The Morgan fingerprint density at radius 1 is 1.16 bits per heavy atom. The predicted octanol–water partition coefficient (Wildman–Crippen LogP) is 5.47. The first kappa shape index (κ1) is 25.5. The average molecular weight is 558 g/mol. The summed E-state index contributed by atoms with van der Waals surface area (Å²) in [6.45, 7) is 2.19. The third kappa shape index (κ3) is 5.17. The van der Waals surface area contributed by atoms with E-state index >= 15 is 4.39 Å². The number of aryl methyl sites for hydroxylation is 1. The SMILES string of the molecule is COc1ccccc1-c1ccc(N2CCCC(NS(=O)(=O)c3ccc(-c4csc(C)n4)s3)C2=O)c(F)c1. The molecule has 2 aromatic heterocycles. The number of carbonyl (C=O) groups is 1. The van der Waals surface area contributed by atoms with Crippen LogP contribution in [0.1, 0.15) is 17.8 Å². The summed E-state index contributed by atoms with van der Waals surface area (Å²) in [4.78, 5) is 19.7. The van der Waals surface area contributed by atoms with E-state index in [2.05, 4.69) is 9.71 Å². The number of thiazole rings is 1. The molecule has 1 atom stereocenters. The van der Waals surface area contributed by atoms with Crippen molar-refractivity contribution in [3.63, 3.8) is 0 Å². The van der Waals surface area contributed by atoms with E-state index in [-0.39, 0.29) is 9.90 Å². The van der Waals surface area contributed by atoms with Gasteiger partial charge in [-0.3, -0.25) is 4.79 Å². The first-order chi connectivity index (χ1) is 17.8. The molecule has 0 bridgehead atoms. The van der Waals surface area contributed by atoms with Crippen LogP contribution in [0.2, 0.25) is 0 Å². The van der Waals surface area contributed by atoms with Gasteiger partial charge in [0.1, 0.15) is 21.8 Å². The fourth-order valence-corrected chi connectivity index (χ4v) is 7.52. The molecule has 1 unspecified atom stereocenters. The van der Waals surface area contributed by atoms with Gasteiger partial charge < -0.3 is 9.64 Å². The Morgan fingerprint density at radius 3 is 2.70 bits per heavy atom. The van der Waals surface area contributed by atoms with Gasteiger partial charge in [0.2, 0.25) is 5.91 Å². The van der Waals surface area contributed by atoms with Gasteiger partial charge in [-0.2, -0.15) is 4.72 Å². The van der Waals surface area contributed by atoms with Crippen LogP contribution in [0.3, 0.4) is 0 Å². The van der Waals surface area contributed by atoms with Gasteiger partial charge in [-0.1, -0.05) is 24.3 Å². The minimum atomic E-state index is -3.95. The van der Waals surface area contributed by atoms with Gasteiger partial charge in [-0.25, -0.2) is 17.8 Å². The van der Waals surface area contributed by atoms with Crippen molar-refractivity contribution < 1.29 is 22.3 Å². The van der Waals surface area contributed by atoms with Crippen LogP contribution in [0.15, 0.2) is 64.2 Å². The van der Waals surface area contributed by atoms with Crippen LogP contribution in [0.5, 0.6) is 5.75 Å². The topological polar surface area (TPSA) is 88.6 Å². The molecule has 11 heteroatoms. The number of nitrogens with one attached hydrogen (secondary N) is 1. The lowest BCUT2D eigenvalue weighted by Gasteiger charge is -2.32. The molecular formula is C26H24FN3O4S3. The normalized spacial score (nSPS) is 16.2. The van der Waals surface area contributed by atoms with Gasteiger partial charge in [0.15, 0.2) is 0 Å². The van der Waals surface area contributed by atoms with Gasteiger partial charge in [0, 0.05) is 17.5 Å². The molecule has 1 N–H and O–H groups in total. The first-order valence-corrected chi connectivity index (χ1v) is 14.7. The molecule has 5 rings (SSSR count). The van der Waals surface area contributed by atoms with Crippen LogP contribution >= 0.6 is 22.7 Å². The molecule has 0 spiro atoms. The molecule has 192 valence electrons. The zero-order valence-electron chi connectivity index (χ0n) is 20.1. The molecule has 1 saturated heterocycles. The molecule has 4 aromatic rings. The number of ether oxygens (including phenoxy) is 1. The molecule has 37 heavy (non-hydrogen) atoms. The maximum Gasteiger partial charge on any atom is 0.250 e. The second-order valence-corrected chi connectivity index (χ2v) is 12.6. The summed E-state index contributed by atoms with van der Waals surface area (Å²) in [5, 5.41) is 2.77. The van der Waals surface area contributed by atoms with Crippen LogP contribution in [0, 0.1) is 12.7 Å². The lowest BCUT2D eigenvalue weighted by atomic mass is 10.0. The largest absolute Gasteiger partial charge is 0.496 e. The summed E-state index contributed by atoms with van der Waals surface area (Å²) < 4.78 is 49.4. The molecule has 1 aliphatic heterocycles. The lowest BCUT2D eigenvalue weighted by Crippen LogP contribution is -2.52. The second-order valence-electron chi connectivity index (χ2n) is 8.54. The number of amides is 1. The summed E-state index contributed by atoms with van der Waals surface area (Å²) in [6.07, 6.45) is 0.861. The van der Waals surface area contributed by atoms with E-state index in [1.54, 1.807) is 31.4 Å². The molecule has 0 radical (unpaired) electrons. The molecule has 0 saturated carbocycles. The van der Waals surface area contributed by atoms with Crippen molar-refractivity contribution in [1.82, 2.24) is 9.71 Å². The molecule has 0 aliphatic carbocycles. The van der Waals surface area contributed by atoms with E-state index in [4.69, 9.17) is 4.74 Å². The van der Waals surface area contributed by atoms with Crippen molar-refractivity contribution in [1.29, 1.82) is 0 Å². The molecule has 1 amide bonds. The fourth-order valence-electron chi connectivity index (χ4n) is 4.32. The smallest absolute Gasteiger partial charge is 0.250 e. The number of hydrogen-bond acceptors (Lipinski definition) is 7. The number of thiophene rings is 1. The second kappa shape index (κ2) is 10.3. The maximum absolute atomic E-state index is 15.2. The number of anilines is 1. The van der Waals surface area contributed by atoms with E-state index in [9.17, 15) is 13.2 Å². The van der Waals surface area contributed by atoms with Crippen molar-refractivity contribution in [2.45, 2.75) is 30.0 Å². The predicted molar refractivity (Wildman–Crippen MR) is 144 cm³/mol. The number of methoxy groups -OCH3 is 1. The zero-order valence-corrected chi connectivity index (χ0v) is 22.6. The van der Waals surface area contributed by atoms with E-state index < -0.39 is 27.8 Å². The summed E-state index contributed by atoms with van der Waals surface area (Å²) >= 11 is 2.59. The number of hydrogen-bond donors (Lipinski definition) is 1. The first-order valence-electron chi connectivity index (χ1n) is 11.6. The number of aromatic nitrogens is 1. The highest BCUT2D eigenvalue weighted by molar-refractivity contribution is 7.91. The summed E-state index contributed by atoms with van der Waals surface area (Å²) in [5.41, 5.74) is 2.18. The minimum Gasteiger partial charge on any atom is -0.496 e. The lowest BCUT2D eigenvalue weighted by molar-refractivity contribution is -0.121. The molecule has 7 nitrogen and oxygen atoms in total. The Morgan fingerprint density at radius 2 is 1.97 bits per heavy atom. The number of carbonyl (C=O) groups excluding carboxylic acids is 1. The van der Waals surface area contributed by atoms with E-state index in [0.29, 0.717) is 30.7 Å². The number of piperidine rings is 1. The Balaban J connectivity index is 1.35. The van der Waals surface area contributed by atoms with Gasteiger partial charge in [0.25, 0.3) is 10.0 Å². The quantitative estimate of drug-likeness (QED) is 0.326. The van der Waals surface area contributed by atoms with Crippen LogP contribution < -0.4 is 14.4 Å². The Labute approximate surface area is 222 Å². The Kier molecular flexibility index (Phi) is 7.13. The van der Waals surface area contributed by atoms with Gasteiger partial charge in [0.05, 0.1) is 28.4 Å². The van der Waals surface area contributed by atoms with Gasteiger partial charge >= 0.3 is 0 Å². The number of halogens is 1. The molecule has 3 heterocycles. The summed E-state index contributed by atoms with van der Waals surface area (Å²) in [6, 6.07) is 14.2. The fraction of sp³-hybridized carbons (Fsp3) is 0.231. The van der Waals surface area contributed by atoms with Crippen molar-refractivity contribution in [2.75, 3.05) is 18.6 Å². The molecule has 2 aromatic carbocycles. The zero-order chi connectivity index (χ0) is 26.2. The number of rotatable bonds is 7. The minimum absolute atomic E-state index is 0.102. The monoisotopic (exact) mass is 557 g/mol. The third-order valence-corrected chi connectivity index (χ3v) is 9.95. The number of benzene rings is 2. The van der Waals surface area contributed by atoms with Crippen LogP contribution in [-0.2, 0) is 14.8 Å². The van der Waals surface area contributed by atoms with Crippen molar-refractivity contribution in [2.24, 2.45) is 0 Å². The van der Waals surface area contributed by atoms with Crippen LogP contribution in [-0.4, -0.2) is 39.0 Å². The van der Waals surface area contributed by atoms with Crippen LogP contribution in [0.4, 0.5) is 10.1 Å². The van der Waals surface area contributed by atoms with Crippen LogP contribution in [0.25, 0.3) is 21.7 Å². The summed E-state index contributed by atoms with van der Waals surface area (Å²) in [7, 11) is -2.40. The summed E-state index contributed by atoms with van der Waals surface area (Å²) in [5.74, 6) is -0.438. The van der Waals surface area contributed by atoms with E-state index in [1.165, 1.54) is 28.4 Å². The Hall–Kier alpha value is -3.12. The molecular weight excluding hydrogens is 534 g/mol. The van der Waals surface area contributed by atoms with Crippen molar-refractivity contribution >= 4 is 44.3 Å². The molecule has 1 fully saturated rings.